The van der Waals surface area contributed by atoms with Gasteiger partial charge in [-0.05, 0) is 28.8 Å². The van der Waals surface area contributed by atoms with Crippen molar-refractivity contribution < 1.29 is 23.1 Å². The summed E-state index contributed by atoms with van der Waals surface area (Å²) in [6.07, 6.45) is -6.12. The molecule has 2 aromatic rings. The van der Waals surface area contributed by atoms with E-state index in [1.54, 1.807) is 0 Å². The number of aliphatic hydroxyl groups is 1. The molecule has 3 nitrogen and oxygen atoms in total. The average molecular weight is 321 g/mol. The summed E-state index contributed by atoms with van der Waals surface area (Å²) in [4.78, 5) is 13.8. The summed E-state index contributed by atoms with van der Waals surface area (Å²) >= 11 is 0. The van der Waals surface area contributed by atoms with Gasteiger partial charge in [-0.3, -0.25) is 4.79 Å². The fraction of sp³-hybridized carbons (Fsp3) is 0.235. The van der Waals surface area contributed by atoms with E-state index in [9.17, 15) is 23.1 Å². The van der Waals surface area contributed by atoms with Gasteiger partial charge in [-0.2, -0.15) is 13.2 Å². The zero-order valence-electron chi connectivity index (χ0n) is 12.0. The number of hydrogen-bond acceptors (Lipinski definition) is 2. The second-order valence-electron chi connectivity index (χ2n) is 5.49. The molecule has 0 fully saturated rings. The van der Waals surface area contributed by atoms with E-state index in [2.05, 4.69) is 0 Å². The third-order valence-electron chi connectivity index (χ3n) is 3.92. The number of hydrogen-bond donors (Lipinski definition) is 1. The normalized spacial score (nSPS) is 15.4. The Kier molecular flexibility index (Phi) is 3.85. The van der Waals surface area contributed by atoms with E-state index in [0.29, 0.717) is 13.1 Å². The zero-order valence-corrected chi connectivity index (χ0v) is 12.0. The van der Waals surface area contributed by atoms with Crippen LogP contribution < -0.4 is 0 Å². The lowest BCUT2D eigenvalue weighted by Gasteiger charge is -2.20. The lowest BCUT2D eigenvalue weighted by molar-refractivity contribution is -0.142. The van der Waals surface area contributed by atoms with Gasteiger partial charge in [0.25, 0.3) is 5.91 Å². The topological polar surface area (TPSA) is 40.5 Å². The predicted molar refractivity (Wildman–Crippen MR) is 77.1 cm³/mol. The highest BCUT2D eigenvalue weighted by molar-refractivity contribution is 5.82. The highest BCUT2D eigenvalue weighted by atomic mass is 19.4. The molecular formula is C17H14F3NO2. The third-order valence-corrected chi connectivity index (χ3v) is 3.92. The van der Waals surface area contributed by atoms with Crippen LogP contribution in [0.5, 0.6) is 0 Å². The molecule has 1 aliphatic heterocycles. The number of rotatable bonds is 2. The van der Waals surface area contributed by atoms with Gasteiger partial charge in [0.1, 0.15) is 0 Å². The van der Waals surface area contributed by atoms with Crippen LogP contribution in [0.3, 0.4) is 0 Å². The lowest BCUT2D eigenvalue weighted by Crippen LogP contribution is -2.30. The Morgan fingerprint density at radius 1 is 1.04 bits per heavy atom. The second kappa shape index (κ2) is 5.70. The zero-order chi connectivity index (χ0) is 16.6. The van der Waals surface area contributed by atoms with Crippen LogP contribution in [0.2, 0.25) is 0 Å². The van der Waals surface area contributed by atoms with Gasteiger partial charge < -0.3 is 10.0 Å². The summed E-state index contributed by atoms with van der Waals surface area (Å²) in [5.74, 6) is -0.597. The van der Waals surface area contributed by atoms with Crippen molar-refractivity contribution >= 4 is 5.91 Å². The van der Waals surface area contributed by atoms with Gasteiger partial charge in [0.15, 0.2) is 6.10 Å². The van der Waals surface area contributed by atoms with Gasteiger partial charge in [0.05, 0.1) is 5.56 Å². The summed E-state index contributed by atoms with van der Waals surface area (Å²) in [6.45, 7) is 0.704. The maximum Gasteiger partial charge on any atom is 0.416 e. The molecular weight excluding hydrogens is 307 g/mol. The van der Waals surface area contributed by atoms with Crippen LogP contribution in [0.25, 0.3) is 0 Å². The van der Waals surface area contributed by atoms with Gasteiger partial charge >= 0.3 is 6.18 Å². The molecule has 1 N–H and O–H groups in total. The molecule has 0 bridgehead atoms. The van der Waals surface area contributed by atoms with Crippen LogP contribution in [-0.2, 0) is 24.1 Å². The van der Waals surface area contributed by atoms with Crippen LogP contribution in [-0.4, -0.2) is 15.9 Å². The number of amides is 1. The molecule has 1 atom stereocenters. The smallest absolute Gasteiger partial charge is 0.378 e. The number of halogens is 3. The molecule has 120 valence electrons. The van der Waals surface area contributed by atoms with Crippen LogP contribution in [0.15, 0.2) is 48.5 Å². The SMILES string of the molecule is O=C(C(O)c1cccc(C(F)(F)F)c1)N1Cc2ccccc2C1. The maximum absolute atomic E-state index is 12.7. The van der Waals surface area contributed by atoms with Gasteiger partial charge in [-0.1, -0.05) is 36.4 Å². The largest absolute Gasteiger partial charge is 0.416 e. The minimum absolute atomic E-state index is 0.0548. The van der Waals surface area contributed by atoms with Crippen molar-refractivity contribution in [3.8, 4) is 0 Å². The quantitative estimate of drug-likeness (QED) is 0.922. The van der Waals surface area contributed by atoms with E-state index in [-0.39, 0.29) is 5.56 Å². The Bertz CT molecular complexity index is 718. The first kappa shape index (κ1) is 15.6. The minimum Gasteiger partial charge on any atom is -0.378 e. The first-order valence-corrected chi connectivity index (χ1v) is 7.07. The Balaban J connectivity index is 1.79. The van der Waals surface area contributed by atoms with Crippen molar-refractivity contribution in [3.63, 3.8) is 0 Å². The van der Waals surface area contributed by atoms with Crippen molar-refractivity contribution in [2.45, 2.75) is 25.4 Å². The van der Waals surface area contributed by atoms with Crippen molar-refractivity contribution in [1.82, 2.24) is 4.90 Å². The monoisotopic (exact) mass is 321 g/mol. The van der Waals surface area contributed by atoms with E-state index < -0.39 is 23.8 Å². The van der Waals surface area contributed by atoms with Crippen LogP contribution in [0, 0.1) is 0 Å². The van der Waals surface area contributed by atoms with Gasteiger partial charge in [-0.15, -0.1) is 0 Å². The van der Waals surface area contributed by atoms with E-state index in [0.717, 1.165) is 23.3 Å². The summed E-state index contributed by atoms with van der Waals surface area (Å²) in [5, 5.41) is 10.2. The highest BCUT2D eigenvalue weighted by Gasteiger charge is 2.33. The third kappa shape index (κ3) is 3.07. The maximum atomic E-state index is 12.7. The second-order valence-corrected chi connectivity index (χ2v) is 5.49. The lowest BCUT2D eigenvalue weighted by atomic mass is 10.0. The summed E-state index contributed by atoms with van der Waals surface area (Å²) in [5.41, 5.74) is 1.03. The molecule has 1 unspecified atom stereocenters. The first-order chi connectivity index (χ1) is 10.9. The molecule has 0 spiro atoms. The number of carbonyl (C=O) groups excluding carboxylic acids is 1. The molecule has 6 heteroatoms. The Morgan fingerprint density at radius 3 is 2.22 bits per heavy atom. The fourth-order valence-electron chi connectivity index (χ4n) is 2.69. The van der Waals surface area contributed by atoms with Gasteiger partial charge in [0, 0.05) is 13.1 Å². The standard InChI is InChI=1S/C17H14F3NO2/c18-17(19,20)14-7-3-6-11(8-14)15(22)16(23)21-9-12-4-1-2-5-13(12)10-21/h1-8,15,22H,9-10H2. The molecule has 3 rings (SSSR count). The highest BCUT2D eigenvalue weighted by Crippen LogP contribution is 2.32. The number of benzene rings is 2. The molecule has 23 heavy (non-hydrogen) atoms. The van der Waals surface area contributed by atoms with Crippen molar-refractivity contribution in [3.05, 3.63) is 70.8 Å². The summed E-state index contributed by atoms with van der Waals surface area (Å²) < 4.78 is 38.2. The average Bonchev–Trinajstić information content (AvgIpc) is 2.97. The minimum atomic E-state index is -4.51. The number of aliphatic hydroxyl groups excluding tert-OH is 1. The molecule has 1 aliphatic rings. The summed E-state index contributed by atoms with van der Waals surface area (Å²) in [7, 11) is 0. The van der Waals surface area contributed by atoms with E-state index >= 15 is 0 Å². The van der Waals surface area contributed by atoms with Gasteiger partial charge in [-0.25, -0.2) is 0 Å². The molecule has 0 aromatic heterocycles. The van der Waals surface area contributed by atoms with Crippen molar-refractivity contribution in [2.75, 3.05) is 0 Å². The van der Waals surface area contributed by atoms with Crippen LogP contribution in [0.4, 0.5) is 13.2 Å². The summed E-state index contributed by atoms with van der Waals surface area (Å²) in [6, 6.07) is 11.7. The first-order valence-electron chi connectivity index (χ1n) is 7.07. The molecule has 0 radical (unpaired) electrons. The molecule has 0 aliphatic carbocycles. The number of carbonyl (C=O) groups is 1. The van der Waals surface area contributed by atoms with Crippen LogP contribution >= 0.6 is 0 Å². The Hall–Kier alpha value is -2.34. The molecule has 0 saturated heterocycles. The Morgan fingerprint density at radius 2 is 1.65 bits per heavy atom. The van der Waals surface area contributed by atoms with Crippen molar-refractivity contribution in [2.24, 2.45) is 0 Å². The van der Waals surface area contributed by atoms with Gasteiger partial charge in [0.2, 0.25) is 0 Å². The van der Waals surface area contributed by atoms with Crippen molar-refractivity contribution in [1.29, 1.82) is 0 Å². The molecule has 1 amide bonds. The number of fused-ring (bicyclic) bond motifs is 1. The fourth-order valence-corrected chi connectivity index (χ4v) is 2.69. The molecule has 1 heterocycles. The van der Waals surface area contributed by atoms with E-state index in [1.807, 2.05) is 24.3 Å². The van der Waals surface area contributed by atoms with E-state index in [4.69, 9.17) is 0 Å². The Labute approximate surface area is 131 Å². The molecule has 2 aromatic carbocycles. The number of alkyl halides is 3. The number of nitrogens with zero attached hydrogens (tertiary/aromatic N) is 1. The molecule has 0 saturated carbocycles. The predicted octanol–water partition coefficient (Wildman–Crippen LogP) is 3.28. The van der Waals surface area contributed by atoms with E-state index in [1.165, 1.54) is 17.0 Å². The van der Waals surface area contributed by atoms with Crippen LogP contribution in [0.1, 0.15) is 28.4 Å².